The van der Waals surface area contributed by atoms with E-state index in [0.717, 1.165) is 34.8 Å². The van der Waals surface area contributed by atoms with E-state index >= 15 is 0 Å². The highest BCUT2D eigenvalue weighted by Crippen LogP contribution is 2.31. The normalized spacial score (nSPS) is 11.8. The minimum absolute atomic E-state index is 0.221. The van der Waals surface area contributed by atoms with Crippen LogP contribution in [0.3, 0.4) is 0 Å². The van der Waals surface area contributed by atoms with Crippen LogP contribution in [0.1, 0.15) is 23.5 Å². The van der Waals surface area contributed by atoms with E-state index in [1.54, 1.807) is 14.2 Å². The third-order valence-corrected chi connectivity index (χ3v) is 3.98. The molecule has 2 aromatic carbocycles. The highest BCUT2D eigenvalue weighted by molar-refractivity contribution is 5.44. The van der Waals surface area contributed by atoms with E-state index in [1.165, 1.54) is 0 Å². The summed E-state index contributed by atoms with van der Waals surface area (Å²) in [4.78, 5) is 0. The third kappa shape index (κ3) is 4.39. The average Bonchev–Trinajstić information content (AvgIpc) is 2.59. The summed E-state index contributed by atoms with van der Waals surface area (Å²) in [7, 11) is 3.27. The van der Waals surface area contributed by atoms with E-state index in [9.17, 15) is 0 Å². The Hall–Kier alpha value is -2.20. The summed E-state index contributed by atoms with van der Waals surface area (Å²) in [5, 5.41) is 0. The molecule has 2 N–H and O–H groups in total. The molecule has 0 saturated carbocycles. The molecule has 0 aromatic heterocycles. The predicted molar refractivity (Wildman–Crippen MR) is 92.6 cm³/mol. The molecule has 0 amide bonds. The van der Waals surface area contributed by atoms with Crippen LogP contribution >= 0.6 is 0 Å². The van der Waals surface area contributed by atoms with Crippen LogP contribution in [0, 0.1) is 6.92 Å². The van der Waals surface area contributed by atoms with E-state index < -0.39 is 0 Å². The second-order valence-electron chi connectivity index (χ2n) is 5.45. The zero-order valence-electron chi connectivity index (χ0n) is 14.0. The Balaban J connectivity index is 2.01. The van der Waals surface area contributed by atoms with Crippen LogP contribution in [0.5, 0.6) is 17.2 Å². The fourth-order valence-corrected chi connectivity index (χ4v) is 2.56. The molecule has 1 unspecified atom stereocenters. The van der Waals surface area contributed by atoms with E-state index in [0.29, 0.717) is 13.2 Å². The minimum atomic E-state index is 0.221. The molecule has 0 fully saturated rings. The van der Waals surface area contributed by atoms with Gasteiger partial charge in [0.05, 0.1) is 20.8 Å². The lowest BCUT2D eigenvalue weighted by atomic mass is 9.96. The van der Waals surface area contributed by atoms with Crippen LogP contribution < -0.4 is 19.9 Å². The van der Waals surface area contributed by atoms with Crippen molar-refractivity contribution in [3.8, 4) is 17.2 Å². The smallest absolute Gasteiger partial charge is 0.160 e. The lowest BCUT2D eigenvalue weighted by Gasteiger charge is -2.18. The number of para-hydroxylation sites is 1. The molecule has 0 aliphatic rings. The maximum Gasteiger partial charge on any atom is 0.160 e. The van der Waals surface area contributed by atoms with E-state index in [2.05, 4.69) is 0 Å². The van der Waals surface area contributed by atoms with Gasteiger partial charge in [0, 0.05) is 0 Å². The summed E-state index contributed by atoms with van der Waals surface area (Å²) in [6.07, 6.45) is 0.848. The minimum Gasteiger partial charge on any atom is -0.493 e. The van der Waals surface area contributed by atoms with E-state index in [1.807, 2.05) is 49.4 Å². The zero-order valence-corrected chi connectivity index (χ0v) is 14.0. The van der Waals surface area contributed by atoms with E-state index in [4.69, 9.17) is 19.9 Å². The van der Waals surface area contributed by atoms with Gasteiger partial charge in [-0.2, -0.15) is 0 Å². The van der Waals surface area contributed by atoms with Gasteiger partial charge in [-0.25, -0.2) is 0 Å². The molecule has 2 rings (SSSR count). The Kier molecular flexibility index (Phi) is 6.29. The molecular formula is C19H25NO3. The second-order valence-corrected chi connectivity index (χ2v) is 5.45. The van der Waals surface area contributed by atoms with Gasteiger partial charge in [-0.3, -0.25) is 0 Å². The highest BCUT2D eigenvalue weighted by atomic mass is 16.5. The summed E-state index contributed by atoms with van der Waals surface area (Å²) < 4.78 is 16.5. The number of rotatable bonds is 8. The first-order valence-corrected chi connectivity index (χ1v) is 7.80. The van der Waals surface area contributed by atoms with Crippen molar-refractivity contribution < 1.29 is 14.2 Å². The summed E-state index contributed by atoms with van der Waals surface area (Å²) >= 11 is 0. The number of ether oxygens (including phenoxy) is 3. The Morgan fingerprint density at radius 2 is 1.70 bits per heavy atom. The molecule has 0 aliphatic carbocycles. The van der Waals surface area contributed by atoms with Crippen LogP contribution in [-0.4, -0.2) is 27.4 Å². The number of nitrogens with two attached hydrogens (primary N) is 1. The monoisotopic (exact) mass is 315 g/mol. The van der Waals surface area contributed by atoms with Gasteiger partial charge in [-0.15, -0.1) is 0 Å². The van der Waals surface area contributed by atoms with Gasteiger partial charge < -0.3 is 19.9 Å². The van der Waals surface area contributed by atoms with Gasteiger partial charge in [0.15, 0.2) is 11.5 Å². The average molecular weight is 315 g/mol. The Morgan fingerprint density at radius 3 is 2.35 bits per heavy atom. The van der Waals surface area contributed by atoms with Crippen molar-refractivity contribution in [1.82, 2.24) is 0 Å². The highest BCUT2D eigenvalue weighted by Gasteiger charge is 2.13. The second kappa shape index (κ2) is 8.44. The Bertz CT molecular complexity index is 628. The largest absolute Gasteiger partial charge is 0.493 e. The van der Waals surface area contributed by atoms with Crippen molar-refractivity contribution in [1.29, 1.82) is 0 Å². The van der Waals surface area contributed by atoms with Gasteiger partial charge in [0.1, 0.15) is 5.75 Å². The number of hydrogen-bond acceptors (Lipinski definition) is 4. The number of benzene rings is 2. The van der Waals surface area contributed by atoms with Crippen LogP contribution in [0.15, 0.2) is 42.5 Å². The molecule has 0 radical (unpaired) electrons. The lowest BCUT2D eigenvalue weighted by molar-refractivity contribution is 0.296. The van der Waals surface area contributed by atoms with Crippen molar-refractivity contribution in [2.24, 2.45) is 5.73 Å². The molecule has 4 heteroatoms. The molecule has 0 spiro atoms. The number of aryl methyl sites for hydroxylation is 1. The topological polar surface area (TPSA) is 53.7 Å². The van der Waals surface area contributed by atoms with Gasteiger partial charge >= 0.3 is 0 Å². The maximum absolute atomic E-state index is 5.95. The third-order valence-electron chi connectivity index (χ3n) is 3.98. The van der Waals surface area contributed by atoms with Gasteiger partial charge in [0.25, 0.3) is 0 Å². The molecule has 23 heavy (non-hydrogen) atoms. The molecule has 1 atom stereocenters. The summed E-state index contributed by atoms with van der Waals surface area (Å²) in [5.41, 5.74) is 8.23. The Labute approximate surface area is 138 Å². The van der Waals surface area contributed by atoms with Crippen molar-refractivity contribution in [3.05, 3.63) is 53.6 Å². The Morgan fingerprint density at radius 1 is 0.957 bits per heavy atom. The fraction of sp³-hybridized carbons (Fsp3) is 0.368. The predicted octanol–water partition coefficient (Wildman–Crippen LogP) is 3.52. The molecule has 0 saturated heterocycles. The first-order chi connectivity index (χ1) is 11.2. The molecule has 0 bridgehead atoms. The number of methoxy groups -OCH3 is 2. The van der Waals surface area contributed by atoms with Gasteiger partial charge in [-0.05, 0) is 55.1 Å². The van der Waals surface area contributed by atoms with Crippen molar-refractivity contribution in [3.63, 3.8) is 0 Å². The molecule has 0 heterocycles. The fourth-order valence-electron chi connectivity index (χ4n) is 2.56. The molecule has 2 aromatic rings. The van der Waals surface area contributed by atoms with Crippen molar-refractivity contribution >= 4 is 0 Å². The standard InChI is InChI=1S/C19H25NO3/c1-14-6-4-5-7-17(14)23-11-10-16(13-20)15-8-9-18(21-2)19(12-15)22-3/h4-9,12,16H,10-11,13,20H2,1-3H3. The summed E-state index contributed by atoms with van der Waals surface area (Å²) in [6, 6.07) is 14.0. The van der Waals surface area contributed by atoms with Gasteiger partial charge in [-0.1, -0.05) is 24.3 Å². The van der Waals surface area contributed by atoms with Crippen LogP contribution in [-0.2, 0) is 0 Å². The SMILES string of the molecule is COc1ccc(C(CN)CCOc2ccccc2C)cc1OC. The molecular weight excluding hydrogens is 290 g/mol. The summed E-state index contributed by atoms with van der Waals surface area (Å²) in [5.74, 6) is 2.60. The van der Waals surface area contributed by atoms with Gasteiger partial charge in [0.2, 0.25) is 0 Å². The van der Waals surface area contributed by atoms with Crippen LogP contribution in [0.4, 0.5) is 0 Å². The van der Waals surface area contributed by atoms with Crippen molar-refractivity contribution in [2.45, 2.75) is 19.3 Å². The molecule has 124 valence electrons. The first kappa shape index (κ1) is 17.2. The zero-order chi connectivity index (χ0) is 16.7. The quantitative estimate of drug-likeness (QED) is 0.810. The molecule has 0 aliphatic heterocycles. The van der Waals surface area contributed by atoms with E-state index in [-0.39, 0.29) is 5.92 Å². The maximum atomic E-state index is 5.95. The van der Waals surface area contributed by atoms with Crippen LogP contribution in [0.25, 0.3) is 0 Å². The van der Waals surface area contributed by atoms with Crippen LogP contribution in [0.2, 0.25) is 0 Å². The molecule has 4 nitrogen and oxygen atoms in total. The van der Waals surface area contributed by atoms with Crippen molar-refractivity contribution in [2.75, 3.05) is 27.4 Å². The summed E-state index contributed by atoms with van der Waals surface area (Å²) in [6.45, 7) is 3.23. The lowest BCUT2D eigenvalue weighted by Crippen LogP contribution is -2.16. The first-order valence-electron chi connectivity index (χ1n) is 7.80. The number of hydrogen-bond donors (Lipinski definition) is 1.